The van der Waals surface area contributed by atoms with Crippen LogP contribution in [-0.2, 0) is 4.74 Å². The number of piperazine rings is 1. The molecule has 0 aliphatic carbocycles. The van der Waals surface area contributed by atoms with E-state index < -0.39 is 6.67 Å². The third kappa shape index (κ3) is 6.09. The van der Waals surface area contributed by atoms with Crippen molar-refractivity contribution in [2.75, 3.05) is 56.4 Å². The van der Waals surface area contributed by atoms with Gasteiger partial charge >= 0.3 is 0 Å². The fourth-order valence-corrected chi connectivity index (χ4v) is 4.14. The Balaban J connectivity index is 1.20. The van der Waals surface area contributed by atoms with Crippen molar-refractivity contribution in [1.29, 1.82) is 0 Å². The lowest BCUT2D eigenvalue weighted by Crippen LogP contribution is -2.56. The van der Waals surface area contributed by atoms with Gasteiger partial charge in [0.15, 0.2) is 5.75 Å². The number of methoxy groups -OCH3 is 1. The van der Waals surface area contributed by atoms with Crippen molar-refractivity contribution < 1.29 is 13.9 Å². The zero-order valence-corrected chi connectivity index (χ0v) is 21.0. The van der Waals surface area contributed by atoms with Gasteiger partial charge in [0.05, 0.1) is 25.0 Å². The molecule has 12 heteroatoms. The number of pyridine rings is 1. The summed E-state index contributed by atoms with van der Waals surface area (Å²) in [4.78, 5) is 30.7. The number of alkyl halides is 1. The van der Waals surface area contributed by atoms with Gasteiger partial charge in [-0.05, 0) is 17.7 Å². The fourth-order valence-electron chi connectivity index (χ4n) is 4.14. The van der Waals surface area contributed by atoms with Gasteiger partial charge in [0, 0.05) is 63.3 Å². The van der Waals surface area contributed by atoms with Crippen LogP contribution >= 0.6 is 0 Å². The monoisotopic (exact) mass is 517 g/mol. The van der Waals surface area contributed by atoms with Gasteiger partial charge in [-0.2, -0.15) is 0 Å². The molecule has 5 rings (SSSR count). The van der Waals surface area contributed by atoms with E-state index in [2.05, 4.69) is 39.7 Å². The summed E-state index contributed by atoms with van der Waals surface area (Å²) < 4.78 is 24.9. The maximum Gasteiger partial charge on any atom is 0.225 e. The molecule has 4 aromatic rings. The molecule has 0 radical (unpaired) electrons. The molecule has 0 aromatic carbocycles. The molecule has 196 valence electrons. The molecule has 11 nitrogen and oxygen atoms in total. The van der Waals surface area contributed by atoms with Gasteiger partial charge in [0.2, 0.25) is 11.9 Å². The van der Waals surface area contributed by atoms with Crippen LogP contribution in [0.3, 0.4) is 0 Å². The minimum Gasteiger partial charge on any atom is -0.488 e. The lowest BCUT2D eigenvalue weighted by molar-refractivity contribution is 0.173. The third-order valence-corrected chi connectivity index (χ3v) is 6.01. The largest absolute Gasteiger partial charge is 0.488 e. The lowest BCUT2D eigenvalue weighted by Gasteiger charge is -2.41. The molecular formula is C26H28FN9O2. The third-order valence-electron chi connectivity index (χ3n) is 6.01. The van der Waals surface area contributed by atoms with E-state index in [1.807, 2.05) is 53.6 Å². The van der Waals surface area contributed by atoms with Crippen molar-refractivity contribution in [2.24, 2.45) is 0 Å². The smallest absolute Gasteiger partial charge is 0.225 e. The maximum atomic E-state index is 12.3. The molecule has 38 heavy (non-hydrogen) atoms. The normalized spacial score (nSPS) is 15.8. The topological polar surface area (TPSA) is 107 Å². The number of imidazole rings is 1. The molecule has 1 aliphatic heterocycles. The van der Waals surface area contributed by atoms with Crippen LogP contribution < -0.4 is 14.5 Å². The summed E-state index contributed by atoms with van der Waals surface area (Å²) in [5.74, 6) is 2.49. The van der Waals surface area contributed by atoms with Crippen LogP contribution in [0.15, 0.2) is 61.8 Å². The second-order valence-corrected chi connectivity index (χ2v) is 8.57. The number of anilines is 2. The Morgan fingerprint density at radius 1 is 0.947 bits per heavy atom. The highest BCUT2D eigenvalue weighted by Gasteiger charge is 2.30. The molecule has 1 atom stereocenters. The number of halogens is 1. The SMILES string of the molecule is COC[C@H]1CN(c2ncc(/C=C/c3ccc(-n4ccnc4)nc3)cn2)CCN1c1ncc(OCCF)cn1. The van der Waals surface area contributed by atoms with Gasteiger partial charge < -0.3 is 19.3 Å². The average molecular weight is 518 g/mol. The number of aromatic nitrogens is 7. The summed E-state index contributed by atoms with van der Waals surface area (Å²) in [7, 11) is 1.67. The second kappa shape index (κ2) is 12.2. The molecule has 1 aliphatic rings. The van der Waals surface area contributed by atoms with Crippen molar-refractivity contribution in [2.45, 2.75) is 6.04 Å². The number of hydrogen-bond acceptors (Lipinski definition) is 10. The predicted molar refractivity (Wildman–Crippen MR) is 141 cm³/mol. The summed E-state index contributed by atoms with van der Waals surface area (Å²) in [6.07, 6.45) is 17.8. The molecule has 1 saturated heterocycles. The summed E-state index contributed by atoms with van der Waals surface area (Å²) >= 11 is 0. The molecule has 0 amide bonds. The van der Waals surface area contributed by atoms with Crippen LogP contribution in [0, 0.1) is 0 Å². The maximum absolute atomic E-state index is 12.3. The van der Waals surface area contributed by atoms with E-state index in [9.17, 15) is 4.39 Å². The van der Waals surface area contributed by atoms with E-state index in [0.29, 0.717) is 43.9 Å². The first kappa shape index (κ1) is 25.2. The van der Waals surface area contributed by atoms with Gasteiger partial charge in [-0.3, -0.25) is 4.57 Å². The quantitative estimate of drug-likeness (QED) is 0.312. The molecule has 0 bridgehead atoms. The number of hydrogen-bond donors (Lipinski definition) is 0. The first-order chi connectivity index (χ1) is 18.7. The van der Waals surface area contributed by atoms with Crippen molar-refractivity contribution >= 4 is 24.0 Å². The minimum absolute atomic E-state index is 0.00678. The Morgan fingerprint density at radius 3 is 2.39 bits per heavy atom. The molecule has 0 spiro atoms. The zero-order chi connectivity index (χ0) is 26.2. The van der Waals surface area contributed by atoms with Gasteiger partial charge in [0.25, 0.3) is 0 Å². The highest BCUT2D eigenvalue weighted by Crippen LogP contribution is 2.21. The van der Waals surface area contributed by atoms with Crippen molar-refractivity contribution in [1.82, 2.24) is 34.5 Å². The zero-order valence-electron chi connectivity index (χ0n) is 21.0. The van der Waals surface area contributed by atoms with Crippen LogP contribution in [0.5, 0.6) is 5.75 Å². The van der Waals surface area contributed by atoms with Gasteiger partial charge in [0.1, 0.15) is 25.4 Å². The van der Waals surface area contributed by atoms with Crippen molar-refractivity contribution in [3.63, 3.8) is 0 Å². The van der Waals surface area contributed by atoms with E-state index >= 15 is 0 Å². The highest BCUT2D eigenvalue weighted by atomic mass is 19.1. The fraction of sp³-hybridized carbons (Fsp3) is 0.308. The molecule has 0 N–H and O–H groups in total. The molecule has 4 aromatic heterocycles. The summed E-state index contributed by atoms with van der Waals surface area (Å²) in [5.41, 5.74) is 1.86. The van der Waals surface area contributed by atoms with E-state index in [0.717, 1.165) is 16.9 Å². The van der Waals surface area contributed by atoms with Gasteiger partial charge in [-0.1, -0.05) is 12.2 Å². The summed E-state index contributed by atoms with van der Waals surface area (Å²) in [5, 5.41) is 0. The Hall–Kier alpha value is -4.45. The lowest BCUT2D eigenvalue weighted by atomic mass is 10.2. The standard InChI is InChI=1S/C26H28FN9O2/c1-37-18-22-17-34(9-10-36(22)26-32-15-23(16-33-26)38-11-6-27)25-30-13-21(14-31-25)3-2-20-4-5-24(29-12-20)35-8-7-28-19-35/h2-5,7-8,12-16,19,22H,6,9-11,17-18H2,1H3/b3-2+/t22-/m1/s1. The first-order valence-electron chi connectivity index (χ1n) is 12.2. The van der Waals surface area contributed by atoms with Crippen LogP contribution in [0.4, 0.5) is 16.3 Å². The minimum atomic E-state index is -0.558. The van der Waals surface area contributed by atoms with Crippen molar-refractivity contribution in [3.8, 4) is 11.6 Å². The van der Waals surface area contributed by atoms with Crippen LogP contribution in [-0.4, -0.2) is 87.1 Å². The molecular weight excluding hydrogens is 489 g/mol. The molecule has 1 fully saturated rings. The van der Waals surface area contributed by atoms with Crippen LogP contribution in [0.1, 0.15) is 11.1 Å². The van der Waals surface area contributed by atoms with E-state index in [1.54, 1.807) is 32.0 Å². The second-order valence-electron chi connectivity index (χ2n) is 8.57. The van der Waals surface area contributed by atoms with Crippen LogP contribution in [0.25, 0.3) is 18.0 Å². The van der Waals surface area contributed by atoms with E-state index in [4.69, 9.17) is 9.47 Å². The van der Waals surface area contributed by atoms with Gasteiger partial charge in [-0.25, -0.2) is 34.3 Å². The predicted octanol–water partition coefficient (Wildman–Crippen LogP) is 2.71. The molecule has 0 unspecified atom stereocenters. The van der Waals surface area contributed by atoms with Crippen LogP contribution in [0.2, 0.25) is 0 Å². The van der Waals surface area contributed by atoms with E-state index in [-0.39, 0.29) is 12.6 Å². The Labute approximate surface area is 219 Å². The number of ether oxygens (including phenoxy) is 2. The Bertz CT molecular complexity index is 1300. The first-order valence-corrected chi connectivity index (χ1v) is 12.2. The van der Waals surface area contributed by atoms with Crippen molar-refractivity contribution in [3.05, 3.63) is 73.0 Å². The molecule has 5 heterocycles. The number of rotatable bonds is 10. The van der Waals surface area contributed by atoms with E-state index in [1.165, 1.54) is 0 Å². The highest BCUT2D eigenvalue weighted by molar-refractivity contribution is 5.68. The Morgan fingerprint density at radius 2 is 1.71 bits per heavy atom. The average Bonchev–Trinajstić information content (AvgIpc) is 3.51. The number of nitrogens with zero attached hydrogens (tertiary/aromatic N) is 9. The molecule has 0 saturated carbocycles. The summed E-state index contributed by atoms with van der Waals surface area (Å²) in [6.45, 7) is 1.95. The Kier molecular flexibility index (Phi) is 8.09. The summed E-state index contributed by atoms with van der Waals surface area (Å²) in [6, 6.07) is 3.95. The van der Waals surface area contributed by atoms with Gasteiger partial charge in [-0.15, -0.1) is 0 Å².